The van der Waals surface area contributed by atoms with Crippen molar-refractivity contribution in [2.24, 2.45) is 4.99 Å². The molecule has 1 rings (SSSR count). The number of hydrogen-bond acceptors (Lipinski definition) is 1. The van der Waals surface area contributed by atoms with E-state index in [0.29, 0.717) is 31.0 Å². The second-order valence-corrected chi connectivity index (χ2v) is 3.65. The van der Waals surface area contributed by atoms with Crippen molar-refractivity contribution in [3.63, 3.8) is 0 Å². The van der Waals surface area contributed by atoms with Gasteiger partial charge in [-0.25, -0.2) is 8.78 Å². The minimum absolute atomic E-state index is 0. The van der Waals surface area contributed by atoms with Crippen LogP contribution in [0.25, 0.3) is 0 Å². The zero-order valence-electron chi connectivity index (χ0n) is 10.7. The maximum atomic E-state index is 13.3. The zero-order valence-corrected chi connectivity index (χ0v) is 13.1. The van der Waals surface area contributed by atoms with Crippen LogP contribution in [0.15, 0.2) is 35.8 Å². The maximum absolute atomic E-state index is 13.3. The highest BCUT2D eigenvalue weighted by molar-refractivity contribution is 14.0. The number of halogens is 3. The van der Waals surface area contributed by atoms with Crippen molar-refractivity contribution in [2.45, 2.75) is 6.42 Å². The average Bonchev–Trinajstić information content (AvgIpc) is 2.36. The molecule has 2 N–H and O–H groups in total. The second kappa shape index (κ2) is 9.71. The average molecular weight is 381 g/mol. The smallest absolute Gasteiger partial charge is 0.191 e. The van der Waals surface area contributed by atoms with E-state index in [1.807, 2.05) is 0 Å². The molecule has 0 saturated carbocycles. The fourth-order valence-electron chi connectivity index (χ4n) is 1.43. The highest BCUT2D eigenvalue weighted by atomic mass is 127. The molecular weight excluding hydrogens is 363 g/mol. The van der Waals surface area contributed by atoms with E-state index in [9.17, 15) is 8.78 Å². The zero-order chi connectivity index (χ0) is 13.4. The fourth-order valence-corrected chi connectivity index (χ4v) is 1.43. The Labute approximate surface area is 129 Å². The van der Waals surface area contributed by atoms with Crippen molar-refractivity contribution in [1.29, 1.82) is 0 Å². The first kappa shape index (κ1) is 17.8. The molecule has 0 aliphatic rings. The molecule has 6 heteroatoms. The van der Waals surface area contributed by atoms with Crippen molar-refractivity contribution in [2.75, 3.05) is 20.1 Å². The molecule has 3 nitrogen and oxygen atoms in total. The van der Waals surface area contributed by atoms with E-state index >= 15 is 0 Å². The highest BCUT2D eigenvalue weighted by Crippen LogP contribution is 2.09. The molecule has 19 heavy (non-hydrogen) atoms. The standard InChI is InChI=1S/C13H17F2N3.HI/c1-3-7-17-13(16-2)18-8-6-10-4-5-11(14)9-12(10)15;/h3-5,9H,1,6-8H2,2H3,(H2,16,17,18);1H. The Bertz CT molecular complexity index is 436. The first-order valence-electron chi connectivity index (χ1n) is 5.66. The molecule has 0 aliphatic heterocycles. The fraction of sp³-hybridized carbons (Fsp3) is 0.308. The van der Waals surface area contributed by atoms with Gasteiger partial charge in [-0.05, 0) is 18.1 Å². The Balaban J connectivity index is 0.00000324. The van der Waals surface area contributed by atoms with Crippen LogP contribution in [0.3, 0.4) is 0 Å². The summed E-state index contributed by atoms with van der Waals surface area (Å²) in [6, 6.07) is 3.59. The Morgan fingerprint density at radius 2 is 2.11 bits per heavy atom. The van der Waals surface area contributed by atoms with Gasteiger partial charge in [0.25, 0.3) is 0 Å². The van der Waals surface area contributed by atoms with E-state index < -0.39 is 11.6 Å². The topological polar surface area (TPSA) is 36.4 Å². The van der Waals surface area contributed by atoms with Gasteiger partial charge in [0.05, 0.1) is 0 Å². The summed E-state index contributed by atoms with van der Waals surface area (Å²) in [5.74, 6) is -0.462. The van der Waals surface area contributed by atoms with Gasteiger partial charge in [0.1, 0.15) is 11.6 Å². The number of benzene rings is 1. The third-order valence-electron chi connectivity index (χ3n) is 2.34. The van der Waals surface area contributed by atoms with Crippen molar-refractivity contribution in [3.05, 3.63) is 48.1 Å². The van der Waals surface area contributed by atoms with Crippen LogP contribution in [0.5, 0.6) is 0 Å². The first-order valence-corrected chi connectivity index (χ1v) is 5.66. The first-order chi connectivity index (χ1) is 8.67. The van der Waals surface area contributed by atoms with Gasteiger partial charge < -0.3 is 10.6 Å². The van der Waals surface area contributed by atoms with E-state index in [-0.39, 0.29) is 24.0 Å². The summed E-state index contributed by atoms with van der Waals surface area (Å²) in [5, 5.41) is 6.02. The molecule has 0 aliphatic carbocycles. The minimum Gasteiger partial charge on any atom is -0.356 e. The predicted octanol–water partition coefficient (Wildman–Crippen LogP) is 2.48. The molecule has 0 bridgehead atoms. The molecule has 0 unspecified atom stereocenters. The van der Waals surface area contributed by atoms with Gasteiger partial charge in [-0.3, -0.25) is 4.99 Å². The summed E-state index contributed by atoms with van der Waals surface area (Å²) < 4.78 is 26.0. The van der Waals surface area contributed by atoms with Gasteiger partial charge in [-0.15, -0.1) is 30.6 Å². The molecule has 106 valence electrons. The maximum Gasteiger partial charge on any atom is 0.191 e. The monoisotopic (exact) mass is 381 g/mol. The van der Waals surface area contributed by atoms with Gasteiger partial charge in [0.2, 0.25) is 0 Å². The molecule has 0 saturated heterocycles. The largest absolute Gasteiger partial charge is 0.356 e. The summed E-state index contributed by atoms with van der Waals surface area (Å²) in [5.41, 5.74) is 0.475. The quantitative estimate of drug-likeness (QED) is 0.356. The van der Waals surface area contributed by atoms with Crippen molar-refractivity contribution >= 4 is 29.9 Å². The molecule has 1 aromatic rings. The van der Waals surface area contributed by atoms with E-state index in [2.05, 4.69) is 22.2 Å². The third kappa shape index (κ3) is 6.51. The lowest BCUT2D eigenvalue weighted by Gasteiger charge is -2.10. The summed E-state index contributed by atoms with van der Waals surface area (Å²) in [7, 11) is 1.65. The number of nitrogens with zero attached hydrogens (tertiary/aromatic N) is 1. The van der Waals surface area contributed by atoms with Gasteiger partial charge in [0.15, 0.2) is 5.96 Å². The van der Waals surface area contributed by atoms with Gasteiger partial charge >= 0.3 is 0 Å². The van der Waals surface area contributed by atoms with Crippen LogP contribution in [0.4, 0.5) is 8.78 Å². The number of aliphatic imine (C=N–C) groups is 1. The van der Waals surface area contributed by atoms with Crippen molar-refractivity contribution < 1.29 is 8.78 Å². The van der Waals surface area contributed by atoms with Gasteiger partial charge in [-0.2, -0.15) is 0 Å². The Hall–Kier alpha value is -1.18. The van der Waals surface area contributed by atoms with Crippen LogP contribution in [-0.2, 0) is 6.42 Å². The van der Waals surface area contributed by atoms with Gasteiger partial charge in [0, 0.05) is 26.2 Å². The minimum atomic E-state index is -0.562. The van der Waals surface area contributed by atoms with Crippen LogP contribution in [0.2, 0.25) is 0 Å². The summed E-state index contributed by atoms with van der Waals surface area (Å²) in [4.78, 5) is 3.99. The third-order valence-corrected chi connectivity index (χ3v) is 2.34. The molecule has 0 spiro atoms. The SMILES string of the molecule is C=CCNC(=NC)NCCc1ccc(F)cc1F.I. The molecule has 0 fully saturated rings. The van der Waals surface area contributed by atoms with E-state index in [1.54, 1.807) is 13.1 Å². The second-order valence-electron chi connectivity index (χ2n) is 3.65. The van der Waals surface area contributed by atoms with Crippen molar-refractivity contribution in [3.8, 4) is 0 Å². The lowest BCUT2D eigenvalue weighted by molar-refractivity contribution is 0.570. The van der Waals surface area contributed by atoms with Crippen LogP contribution in [0.1, 0.15) is 5.56 Å². The lowest BCUT2D eigenvalue weighted by atomic mass is 10.1. The summed E-state index contributed by atoms with van der Waals surface area (Å²) >= 11 is 0. The number of nitrogens with one attached hydrogen (secondary N) is 2. The van der Waals surface area contributed by atoms with Crippen LogP contribution >= 0.6 is 24.0 Å². The molecule has 0 radical (unpaired) electrons. The van der Waals surface area contributed by atoms with Crippen LogP contribution in [-0.4, -0.2) is 26.1 Å². The number of guanidine groups is 1. The molecular formula is C13H18F2IN3. The molecule has 0 aromatic heterocycles. The summed E-state index contributed by atoms with van der Waals surface area (Å²) in [6.07, 6.45) is 2.17. The Morgan fingerprint density at radius 3 is 2.68 bits per heavy atom. The normalized spacial score (nSPS) is 10.6. The molecule has 0 amide bonds. The van der Waals surface area contributed by atoms with E-state index in [1.165, 1.54) is 12.1 Å². The molecule has 0 heterocycles. The van der Waals surface area contributed by atoms with Crippen LogP contribution in [0, 0.1) is 11.6 Å². The van der Waals surface area contributed by atoms with Crippen molar-refractivity contribution in [1.82, 2.24) is 10.6 Å². The van der Waals surface area contributed by atoms with E-state index in [4.69, 9.17) is 0 Å². The van der Waals surface area contributed by atoms with E-state index in [0.717, 1.165) is 6.07 Å². The molecule has 1 aromatic carbocycles. The lowest BCUT2D eigenvalue weighted by Crippen LogP contribution is -2.38. The predicted molar refractivity (Wildman–Crippen MR) is 85.0 cm³/mol. The number of rotatable bonds is 5. The molecule has 0 atom stereocenters. The highest BCUT2D eigenvalue weighted by Gasteiger charge is 2.03. The van der Waals surface area contributed by atoms with Gasteiger partial charge in [-0.1, -0.05) is 12.1 Å². The Kier molecular flexibility index (Phi) is 9.11. The number of hydrogen-bond donors (Lipinski definition) is 2. The summed E-state index contributed by atoms with van der Waals surface area (Å²) in [6.45, 7) is 4.70. The Morgan fingerprint density at radius 1 is 1.37 bits per heavy atom. The van der Waals surface area contributed by atoms with Crippen LogP contribution < -0.4 is 10.6 Å².